The van der Waals surface area contributed by atoms with Crippen molar-refractivity contribution in [3.63, 3.8) is 0 Å². The quantitative estimate of drug-likeness (QED) is 0.695. The molecule has 0 atom stereocenters. The van der Waals surface area contributed by atoms with Gasteiger partial charge in [0.25, 0.3) is 0 Å². The van der Waals surface area contributed by atoms with Gasteiger partial charge in [0.2, 0.25) is 0 Å². The van der Waals surface area contributed by atoms with Gasteiger partial charge in [0.05, 0.1) is 6.26 Å². The third-order valence-corrected chi connectivity index (χ3v) is 2.34. The van der Waals surface area contributed by atoms with E-state index in [-0.39, 0.29) is 5.78 Å². The third kappa shape index (κ3) is 1.84. The summed E-state index contributed by atoms with van der Waals surface area (Å²) in [5.41, 5.74) is 2.69. The number of benzene rings is 1. The minimum absolute atomic E-state index is 0.0569. The van der Waals surface area contributed by atoms with Crippen molar-refractivity contribution >= 4 is 5.78 Å². The van der Waals surface area contributed by atoms with Crippen molar-refractivity contribution in [2.24, 2.45) is 0 Å². The first kappa shape index (κ1) is 9.71. The van der Waals surface area contributed by atoms with Crippen LogP contribution in [0.4, 0.5) is 0 Å². The zero-order valence-corrected chi connectivity index (χ0v) is 8.78. The van der Waals surface area contributed by atoms with E-state index < -0.39 is 0 Å². The number of carbonyl (C=O) groups is 1. The van der Waals surface area contributed by atoms with Crippen LogP contribution in [0.5, 0.6) is 0 Å². The molecule has 15 heavy (non-hydrogen) atoms. The number of Topliss-reactive ketones (excluding diaryl/α,β-unsaturated/α-hetero) is 1. The molecule has 0 radical (unpaired) electrons. The van der Waals surface area contributed by atoms with Crippen LogP contribution in [0.15, 0.2) is 41.0 Å². The Morgan fingerprint density at radius 3 is 2.67 bits per heavy atom. The monoisotopic (exact) mass is 200 g/mol. The van der Waals surface area contributed by atoms with Crippen LogP contribution in [0.2, 0.25) is 0 Å². The maximum Gasteiger partial charge on any atom is 0.160 e. The maximum absolute atomic E-state index is 11.4. The molecule has 1 aromatic carbocycles. The number of rotatable bonds is 2. The average Bonchev–Trinajstić information content (AvgIpc) is 2.69. The maximum atomic E-state index is 11.4. The van der Waals surface area contributed by atoms with Crippen molar-refractivity contribution in [3.8, 4) is 11.3 Å². The molecule has 0 fully saturated rings. The summed E-state index contributed by atoms with van der Waals surface area (Å²) < 4.78 is 5.31. The van der Waals surface area contributed by atoms with Gasteiger partial charge in [-0.15, -0.1) is 0 Å². The van der Waals surface area contributed by atoms with Crippen molar-refractivity contribution in [3.05, 3.63) is 47.7 Å². The Morgan fingerprint density at radius 1 is 1.27 bits per heavy atom. The molecular formula is C13H12O2. The summed E-state index contributed by atoms with van der Waals surface area (Å²) >= 11 is 0. The summed E-state index contributed by atoms with van der Waals surface area (Å²) in [5.74, 6) is 0.797. The minimum Gasteiger partial charge on any atom is -0.464 e. The van der Waals surface area contributed by atoms with E-state index in [4.69, 9.17) is 4.42 Å². The SMILES string of the molecule is CC(=O)c1ccc(C)cc1-c1ccco1. The van der Waals surface area contributed by atoms with Crippen LogP contribution in [0.25, 0.3) is 11.3 Å². The molecule has 76 valence electrons. The summed E-state index contributed by atoms with van der Waals surface area (Å²) in [6.07, 6.45) is 1.61. The second kappa shape index (κ2) is 3.73. The number of hydrogen-bond acceptors (Lipinski definition) is 2. The fraction of sp³-hybridized carbons (Fsp3) is 0.154. The van der Waals surface area contributed by atoms with Gasteiger partial charge in [0.1, 0.15) is 5.76 Å². The zero-order chi connectivity index (χ0) is 10.8. The molecule has 0 bridgehead atoms. The molecule has 0 unspecified atom stereocenters. The summed E-state index contributed by atoms with van der Waals surface area (Å²) in [6.45, 7) is 3.56. The van der Waals surface area contributed by atoms with E-state index in [1.807, 2.05) is 37.3 Å². The zero-order valence-electron chi connectivity index (χ0n) is 8.78. The molecule has 1 heterocycles. The number of furan rings is 1. The first-order valence-electron chi connectivity index (χ1n) is 4.84. The van der Waals surface area contributed by atoms with Crippen LogP contribution in [-0.4, -0.2) is 5.78 Å². The molecule has 2 aromatic rings. The highest BCUT2D eigenvalue weighted by molar-refractivity contribution is 6.00. The molecule has 0 aliphatic heterocycles. The van der Waals surface area contributed by atoms with Crippen molar-refractivity contribution < 1.29 is 9.21 Å². The van der Waals surface area contributed by atoms with E-state index in [0.717, 1.165) is 16.9 Å². The smallest absolute Gasteiger partial charge is 0.160 e. The first-order chi connectivity index (χ1) is 7.18. The molecule has 0 aliphatic rings. The Bertz CT molecular complexity index is 481. The normalized spacial score (nSPS) is 10.3. The fourth-order valence-electron chi connectivity index (χ4n) is 1.60. The second-order valence-electron chi connectivity index (χ2n) is 3.58. The Morgan fingerprint density at radius 2 is 2.07 bits per heavy atom. The van der Waals surface area contributed by atoms with Crippen LogP contribution in [0.3, 0.4) is 0 Å². The molecule has 2 nitrogen and oxygen atoms in total. The lowest BCUT2D eigenvalue weighted by Crippen LogP contribution is -1.95. The Hall–Kier alpha value is -1.83. The average molecular weight is 200 g/mol. The van der Waals surface area contributed by atoms with Crippen LogP contribution in [0.1, 0.15) is 22.8 Å². The van der Waals surface area contributed by atoms with Gasteiger partial charge in [0.15, 0.2) is 5.78 Å². The fourth-order valence-corrected chi connectivity index (χ4v) is 1.60. The Labute approximate surface area is 88.5 Å². The van der Waals surface area contributed by atoms with E-state index in [0.29, 0.717) is 5.56 Å². The van der Waals surface area contributed by atoms with Gasteiger partial charge >= 0.3 is 0 Å². The van der Waals surface area contributed by atoms with E-state index in [2.05, 4.69) is 0 Å². The standard InChI is InChI=1S/C13H12O2/c1-9-5-6-11(10(2)14)12(8-9)13-4-3-7-15-13/h3-8H,1-2H3. The van der Waals surface area contributed by atoms with Gasteiger partial charge < -0.3 is 4.42 Å². The molecule has 0 spiro atoms. The van der Waals surface area contributed by atoms with Crippen LogP contribution in [-0.2, 0) is 0 Å². The summed E-state index contributed by atoms with van der Waals surface area (Å²) in [6, 6.07) is 9.43. The van der Waals surface area contributed by atoms with Gasteiger partial charge in [-0.05, 0) is 32.0 Å². The van der Waals surface area contributed by atoms with E-state index >= 15 is 0 Å². The number of carbonyl (C=O) groups excluding carboxylic acids is 1. The van der Waals surface area contributed by atoms with Crippen LogP contribution >= 0.6 is 0 Å². The Kier molecular flexibility index (Phi) is 2.42. The molecular weight excluding hydrogens is 188 g/mol. The van der Waals surface area contributed by atoms with E-state index in [9.17, 15) is 4.79 Å². The van der Waals surface area contributed by atoms with Gasteiger partial charge in [-0.3, -0.25) is 4.79 Å². The number of aryl methyl sites for hydroxylation is 1. The molecule has 0 saturated carbocycles. The summed E-state index contributed by atoms with van der Waals surface area (Å²) in [7, 11) is 0. The molecule has 2 rings (SSSR count). The topological polar surface area (TPSA) is 30.2 Å². The Balaban J connectivity index is 2.63. The minimum atomic E-state index is 0.0569. The van der Waals surface area contributed by atoms with Crippen molar-refractivity contribution in [2.75, 3.05) is 0 Å². The van der Waals surface area contributed by atoms with Crippen LogP contribution in [0, 0.1) is 6.92 Å². The van der Waals surface area contributed by atoms with Gasteiger partial charge in [0, 0.05) is 11.1 Å². The van der Waals surface area contributed by atoms with E-state index in [1.54, 1.807) is 13.2 Å². The third-order valence-electron chi connectivity index (χ3n) is 2.34. The summed E-state index contributed by atoms with van der Waals surface area (Å²) in [5, 5.41) is 0. The molecule has 0 aliphatic carbocycles. The highest BCUT2D eigenvalue weighted by Gasteiger charge is 2.10. The van der Waals surface area contributed by atoms with Gasteiger partial charge in [-0.1, -0.05) is 17.7 Å². The predicted molar refractivity (Wildman–Crippen MR) is 58.9 cm³/mol. The molecule has 1 aromatic heterocycles. The van der Waals surface area contributed by atoms with Crippen molar-refractivity contribution in [2.45, 2.75) is 13.8 Å². The van der Waals surface area contributed by atoms with Crippen molar-refractivity contribution in [1.29, 1.82) is 0 Å². The number of hydrogen-bond donors (Lipinski definition) is 0. The molecule has 0 N–H and O–H groups in total. The first-order valence-corrected chi connectivity index (χ1v) is 4.84. The highest BCUT2D eigenvalue weighted by atomic mass is 16.3. The van der Waals surface area contributed by atoms with E-state index in [1.165, 1.54) is 0 Å². The second-order valence-corrected chi connectivity index (χ2v) is 3.58. The molecule has 0 saturated heterocycles. The largest absolute Gasteiger partial charge is 0.464 e. The number of ketones is 1. The predicted octanol–water partition coefficient (Wildman–Crippen LogP) is 3.46. The molecule has 2 heteroatoms. The lowest BCUT2D eigenvalue weighted by molar-refractivity contribution is 0.101. The molecule has 0 amide bonds. The van der Waals surface area contributed by atoms with Crippen molar-refractivity contribution in [1.82, 2.24) is 0 Å². The van der Waals surface area contributed by atoms with Crippen LogP contribution < -0.4 is 0 Å². The lowest BCUT2D eigenvalue weighted by atomic mass is 10.00. The van der Waals surface area contributed by atoms with Gasteiger partial charge in [-0.2, -0.15) is 0 Å². The highest BCUT2D eigenvalue weighted by Crippen LogP contribution is 2.25. The van der Waals surface area contributed by atoms with Gasteiger partial charge in [-0.25, -0.2) is 0 Å². The lowest BCUT2D eigenvalue weighted by Gasteiger charge is -2.05. The summed E-state index contributed by atoms with van der Waals surface area (Å²) in [4.78, 5) is 11.4.